The second-order valence-corrected chi connectivity index (χ2v) is 5.44. The van der Waals surface area contributed by atoms with Crippen molar-refractivity contribution in [1.82, 2.24) is 25.1 Å². The normalized spacial score (nSPS) is 14.8. The SMILES string of the molecule is CCc1c(C)nn(-c2cncc(CNC3CC3)n2)c1C. The summed E-state index contributed by atoms with van der Waals surface area (Å²) >= 11 is 0. The number of aryl methyl sites for hydroxylation is 1. The largest absolute Gasteiger partial charge is 0.308 e. The molecule has 1 N–H and O–H groups in total. The molecule has 2 aromatic heterocycles. The van der Waals surface area contributed by atoms with Gasteiger partial charge in [-0.15, -0.1) is 0 Å². The van der Waals surface area contributed by atoms with Gasteiger partial charge in [-0.2, -0.15) is 5.10 Å². The van der Waals surface area contributed by atoms with Gasteiger partial charge in [-0.05, 0) is 38.7 Å². The summed E-state index contributed by atoms with van der Waals surface area (Å²) < 4.78 is 1.90. The molecule has 3 rings (SSSR count). The molecule has 2 heterocycles. The topological polar surface area (TPSA) is 55.6 Å². The molecule has 0 atom stereocenters. The standard InChI is InChI=1S/C15H21N5/c1-4-14-10(2)19-20(11(14)3)15-9-16-7-13(18-15)8-17-12-5-6-12/h7,9,12,17H,4-6,8H2,1-3H3. The molecule has 1 fully saturated rings. The average Bonchev–Trinajstić information content (AvgIpc) is 3.23. The van der Waals surface area contributed by atoms with E-state index in [0.717, 1.165) is 35.9 Å². The van der Waals surface area contributed by atoms with Crippen LogP contribution in [-0.4, -0.2) is 25.8 Å². The predicted molar refractivity (Wildman–Crippen MR) is 77.9 cm³/mol. The molecule has 0 aromatic carbocycles. The number of hydrogen-bond acceptors (Lipinski definition) is 4. The quantitative estimate of drug-likeness (QED) is 0.904. The lowest BCUT2D eigenvalue weighted by atomic mass is 10.1. The Labute approximate surface area is 119 Å². The molecular weight excluding hydrogens is 250 g/mol. The van der Waals surface area contributed by atoms with Gasteiger partial charge in [0.25, 0.3) is 0 Å². The van der Waals surface area contributed by atoms with Crippen molar-refractivity contribution in [2.24, 2.45) is 0 Å². The van der Waals surface area contributed by atoms with Crippen molar-refractivity contribution in [3.63, 3.8) is 0 Å². The molecule has 0 aliphatic heterocycles. The highest BCUT2D eigenvalue weighted by Crippen LogP contribution is 2.19. The van der Waals surface area contributed by atoms with Crippen LogP contribution in [0.4, 0.5) is 0 Å². The van der Waals surface area contributed by atoms with Crippen LogP contribution in [0.5, 0.6) is 0 Å². The van der Waals surface area contributed by atoms with E-state index < -0.39 is 0 Å². The maximum absolute atomic E-state index is 4.67. The van der Waals surface area contributed by atoms with Crippen molar-refractivity contribution < 1.29 is 0 Å². The summed E-state index contributed by atoms with van der Waals surface area (Å²) in [6.45, 7) is 7.08. The number of rotatable bonds is 5. The van der Waals surface area contributed by atoms with Gasteiger partial charge in [0.05, 0.1) is 17.6 Å². The molecule has 0 saturated heterocycles. The van der Waals surface area contributed by atoms with Gasteiger partial charge in [-0.1, -0.05) is 6.92 Å². The van der Waals surface area contributed by atoms with Crippen molar-refractivity contribution in [2.75, 3.05) is 0 Å². The summed E-state index contributed by atoms with van der Waals surface area (Å²) in [5, 5.41) is 8.06. The van der Waals surface area contributed by atoms with E-state index in [1.807, 2.05) is 17.8 Å². The summed E-state index contributed by atoms with van der Waals surface area (Å²) in [5.41, 5.74) is 4.51. The van der Waals surface area contributed by atoms with Crippen LogP contribution in [0.3, 0.4) is 0 Å². The van der Waals surface area contributed by atoms with Crippen LogP contribution in [0.15, 0.2) is 12.4 Å². The van der Waals surface area contributed by atoms with E-state index in [4.69, 9.17) is 0 Å². The summed E-state index contributed by atoms with van der Waals surface area (Å²) in [7, 11) is 0. The molecule has 20 heavy (non-hydrogen) atoms. The molecule has 0 unspecified atom stereocenters. The van der Waals surface area contributed by atoms with E-state index in [-0.39, 0.29) is 0 Å². The fraction of sp³-hybridized carbons (Fsp3) is 0.533. The van der Waals surface area contributed by atoms with Gasteiger partial charge >= 0.3 is 0 Å². The first kappa shape index (κ1) is 13.2. The van der Waals surface area contributed by atoms with Crippen LogP contribution >= 0.6 is 0 Å². The highest BCUT2D eigenvalue weighted by molar-refractivity contribution is 5.31. The zero-order valence-electron chi connectivity index (χ0n) is 12.3. The van der Waals surface area contributed by atoms with Crippen LogP contribution in [0.2, 0.25) is 0 Å². The monoisotopic (exact) mass is 271 g/mol. The van der Waals surface area contributed by atoms with Gasteiger partial charge < -0.3 is 5.32 Å². The molecule has 0 spiro atoms. The fourth-order valence-corrected chi connectivity index (χ4v) is 2.53. The average molecular weight is 271 g/mol. The summed E-state index contributed by atoms with van der Waals surface area (Å²) in [5.74, 6) is 0.806. The van der Waals surface area contributed by atoms with Crippen LogP contribution in [0, 0.1) is 13.8 Å². The van der Waals surface area contributed by atoms with E-state index in [9.17, 15) is 0 Å². The third-order valence-corrected chi connectivity index (χ3v) is 3.83. The van der Waals surface area contributed by atoms with Gasteiger partial charge in [0.2, 0.25) is 0 Å². The first-order chi connectivity index (χ1) is 9.69. The van der Waals surface area contributed by atoms with Gasteiger partial charge in [0.1, 0.15) is 0 Å². The van der Waals surface area contributed by atoms with Crippen LogP contribution in [0.25, 0.3) is 5.82 Å². The zero-order valence-corrected chi connectivity index (χ0v) is 12.3. The van der Waals surface area contributed by atoms with Gasteiger partial charge in [0.15, 0.2) is 5.82 Å². The van der Waals surface area contributed by atoms with E-state index in [2.05, 4.69) is 34.2 Å². The van der Waals surface area contributed by atoms with Gasteiger partial charge in [0, 0.05) is 24.5 Å². The lowest BCUT2D eigenvalue weighted by Crippen LogP contribution is -2.17. The third kappa shape index (κ3) is 2.58. The molecule has 5 nitrogen and oxygen atoms in total. The zero-order chi connectivity index (χ0) is 14.1. The molecule has 0 radical (unpaired) electrons. The van der Waals surface area contributed by atoms with E-state index in [1.165, 1.54) is 18.4 Å². The van der Waals surface area contributed by atoms with E-state index in [1.54, 1.807) is 6.20 Å². The Kier molecular flexibility index (Phi) is 3.53. The van der Waals surface area contributed by atoms with Crippen molar-refractivity contribution in [3.05, 3.63) is 35.0 Å². The second-order valence-electron chi connectivity index (χ2n) is 5.44. The predicted octanol–water partition coefficient (Wildman–Crippen LogP) is 2.09. The Balaban J connectivity index is 1.87. The minimum absolute atomic E-state index is 0.681. The van der Waals surface area contributed by atoms with Crippen LogP contribution < -0.4 is 5.32 Å². The Morgan fingerprint density at radius 2 is 2.10 bits per heavy atom. The minimum Gasteiger partial charge on any atom is -0.308 e. The molecule has 0 amide bonds. The lowest BCUT2D eigenvalue weighted by molar-refractivity contribution is 0.665. The molecule has 1 aliphatic rings. The Morgan fingerprint density at radius 3 is 2.75 bits per heavy atom. The van der Waals surface area contributed by atoms with Gasteiger partial charge in [-0.25, -0.2) is 9.67 Å². The minimum atomic E-state index is 0.681. The molecule has 0 bridgehead atoms. The van der Waals surface area contributed by atoms with E-state index >= 15 is 0 Å². The Hall–Kier alpha value is -1.75. The Morgan fingerprint density at radius 1 is 1.30 bits per heavy atom. The number of nitrogens with one attached hydrogen (secondary N) is 1. The summed E-state index contributed by atoms with van der Waals surface area (Å²) in [6.07, 6.45) is 7.16. The maximum Gasteiger partial charge on any atom is 0.172 e. The van der Waals surface area contributed by atoms with Crippen molar-refractivity contribution in [2.45, 2.75) is 52.6 Å². The molecule has 1 saturated carbocycles. The highest BCUT2D eigenvalue weighted by atomic mass is 15.3. The van der Waals surface area contributed by atoms with E-state index in [0.29, 0.717) is 6.04 Å². The third-order valence-electron chi connectivity index (χ3n) is 3.83. The number of aromatic nitrogens is 4. The lowest BCUT2D eigenvalue weighted by Gasteiger charge is -2.06. The van der Waals surface area contributed by atoms with Crippen molar-refractivity contribution in [1.29, 1.82) is 0 Å². The fourth-order valence-electron chi connectivity index (χ4n) is 2.53. The van der Waals surface area contributed by atoms with Crippen LogP contribution in [0.1, 0.15) is 42.4 Å². The maximum atomic E-state index is 4.67. The van der Waals surface area contributed by atoms with Crippen molar-refractivity contribution in [3.8, 4) is 5.82 Å². The number of nitrogens with zero attached hydrogens (tertiary/aromatic N) is 4. The summed E-state index contributed by atoms with van der Waals surface area (Å²) in [6, 6.07) is 0.681. The molecule has 5 heteroatoms. The Bertz CT molecular complexity index is 613. The first-order valence-corrected chi connectivity index (χ1v) is 7.28. The van der Waals surface area contributed by atoms with Crippen molar-refractivity contribution >= 4 is 0 Å². The molecule has 106 valence electrons. The van der Waals surface area contributed by atoms with Gasteiger partial charge in [-0.3, -0.25) is 4.98 Å². The number of hydrogen-bond donors (Lipinski definition) is 1. The smallest absolute Gasteiger partial charge is 0.172 e. The second kappa shape index (κ2) is 5.32. The molecule has 1 aliphatic carbocycles. The highest BCUT2D eigenvalue weighted by Gasteiger charge is 2.20. The first-order valence-electron chi connectivity index (χ1n) is 7.28. The van der Waals surface area contributed by atoms with Crippen LogP contribution in [-0.2, 0) is 13.0 Å². The molecular formula is C15H21N5. The summed E-state index contributed by atoms with van der Waals surface area (Å²) in [4.78, 5) is 8.97. The molecule has 2 aromatic rings.